The largest absolute Gasteiger partial charge is 0.346 e. The molecule has 0 bridgehead atoms. The van der Waals surface area contributed by atoms with Crippen molar-refractivity contribution in [2.24, 2.45) is 0 Å². The van der Waals surface area contributed by atoms with E-state index in [9.17, 15) is 4.79 Å². The van der Waals surface area contributed by atoms with Gasteiger partial charge in [-0.1, -0.05) is 30.3 Å². The summed E-state index contributed by atoms with van der Waals surface area (Å²) in [6, 6.07) is 16.4. The normalized spacial score (nSPS) is 13.4. The molecule has 1 aliphatic carbocycles. The standard InChI is InChI=1S/C24H23N3O/c25-15-6-16-27-17-19(21-10-3-4-12-23(21)27)13-14-24(28)26-22-11-5-8-18-7-1-2-9-20(18)22/h3-5,8,10-14,17H,1-2,6-7,9,16H2,(H,26,28)/b14-13+. The number of carbonyl (C=O) groups is 1. The Morgan fingerprint density at radius 3 is 2.89 bits per heavy atom. The fourth-order valence-corrected chi connectivity index (χ4v) is 4.00. The second-order valence-electron chi connectivity index (χ2n) is 7.18. The van der Waals surface area contributed by atoms with E-state index in [-0.39, 0.29) is 5.91 Å². The predicted molar refractivity (Wildman–Crippen MR) is 113 cm³/mol. The maximum atomic E-state index is 12.5. The molecule has 0 spiro atoms. The van der Waals surface area contributed by atoms with Crippen molar-refractivity contribution in [1.29, 1.82) is 5.26 Å². The fraction of sp³-hybridized carbons (Fsp3) is 0.250. The molecule has 0 saturated heterocycles. The molecule has 140 valence electrons. The molecule has 0 unspecified atom stereocenters. The van der Waals surface area contributed by atoms with Gasteiger partial charge in [0, 0.05) is 41.0 Å². The van der Waals surface area contributed by atoms with Crippen LogP contribution in [0.2, 0.25) is 0 Å². The Hall–Kier alpha value is -3.32. The molecule has 3 aromatic rings. The summed E-state index contributed by atoms with van der Waals surface area (Å²) in [6.07, 6.45) is 10.4. The van der Waals surface area contributed by atoms with Crippen LogP contribution in [0.15, 0.2) is 54.7 Å². The Morgan fingerprint density at radius 1 is 1.14 bits per heavy atom. The number of aromatic nitrogens is 1. The molecule has 0 fully saturated rings. The first-order chi connectivity index (χ1) is 13.8. The number of aryl methyl sites for hydroxylation is 2. The first kappa shape index (κ1) is 18.1. The van der Waals surface area contributed by atoms with E-state index in [4.69, 9.17) is 5.26 Å². The molecule has 4 rings (SSSR count). The van der Waals surface area contributed by atoms with Crippen LogP contribution in [0, 0.1) is 11.3 Å². The molecule has 0 radical (unpaired) electrons. The Bertz CT molecular complexity index is 1080. The van der Waals surface area contributed by atoms with Crippen LogP contribution in [0.25, 0.3) is 17.0 Å². The van der Waals surface area contributed by atoms with Crippen LogP contribution in [0.5, 0.6) is 0 Å². The Labute approximate surface area is 165 Å². The first-order valence-corrected chi connectivity index (χ1v) is 9.81. The zero-order valence-corrected chi connectivity index (χ0v) is 15.8. The van der Waals surface area contributed by atoms with Gasteiger partial charge >= 0.3 is 0 Å². The van der Waals surface area contributed by atoms with Crippen molar-refractivity contribution in [3.05, 3.63) is 71.4 Å². The van der Waals surface area contributed by atoms with Crippen molar-refractivity contribution in [3.63, 3.8) is 0 Å². The highest BCUT2D eigenvalue weighted by molar-refractivity contribution is 6.04. The van der Waals surface area contributed by atoms with Gasteiger partial charge in [0.05, 0.1) is 12.5 Å². The lowest BCUT2D eigenvalue weighted by atomic mass is 9.90. The van der Waals surface area contributed by atoms with E-state index < -0.39 is 0 Å². The summed E-state index contributed by atoms with van der Waals surface area (Å²) >= 11 is 0. The van der Waals surface area contributed by atoms with Gasteiger partial charge in [0.1, 0.15) is 0 Å². The smallest absolute Gasteiger partial charge is 0.248 e. The van der Waals surface area contributed by atoms with Gasteiger partial charge < -0.3 is 9.88 Å². The molecule has 28 heavy (non-hydrogen) atoms. The Balaban J connectivity index is 1.55. The second kappa shape index (κ2) is 8.14. The topological polar surface area (TPSA) is 57.8 Å². The highest BCUT2D eigenvalue weighted by Crippen LogP contribution is 2.28. The third kappa shape index (κ3) is 3.70. The lowest BCUT2D eigenvalue weighted by molar-refractivity contribution is -0.111. The van der Waals surface area contributed by atoms with Crippen molar-refractivity contribution in [2.45, 2.75) is 38.6 Å². The molecule has 1 heterocycles. The molecule has 0 saturated carbocycles. The van der Waals surface area contributed by atoms with E-state index in [0.29, 0.717) is 13.0 Å². The number of hydrogen-bond donors (Lipinski definition) is 1. The Morgan fingerprint density at radius 2 is 2.00 bits per heavy atom. The summed E-state index contributed by atoms with van der Waals surface area (Å²) in [5.74, 6) is -0.118. The van der Waals surface area contributed by atoms with Crippen LogP contribution in [0.4, 0.5) is 5.69 Å². The van der Waals surface area contributed by atoms with E-state index in [0.717, 1.165) is 35.0 Å². The molecule has 1 aromatic heterocycles. The van der Waals surface area contributed by atoms with Crippen LogP contribution in [-0.4, -0.2) is 10.5 Å². The molecule has 4 nitrogen and oxygen atoms in total. The molecule has 1 aliphatic rings. The predicted octanol–water partition coefficient (Wildman–Crippen LogP) is 5.09. The van der Waals surface area contributed by atoms with Gasteiger partial charge in [0.2, 0.25) is 5.91 Å². The molecular formula is C24H23N3O. The Kier molecular flexibility index (Phi) is 5.25. The number of hydrogen-bond acceptors (Lipinski definition) is 2. The van der Waals surface area contributed by atoms with Crippen LogP contribution < -0.4 is 5.32 Å². The zero-order valence-electron chi connectivity index (χ0n) is 15.8. The lowest BCUT2D eigenvalue weighted by Crippen LogP contribution is -2.12. The van der Waals surface area contributed by atoms with Crippen molar-refractivity contribution in [3.8, 4) is 6.07 Å². The number of benzene rings is 2. The van der Waals surface area contributed by atoms with Crippen molar-refractivity contribution in [1.82, 2.24) is 4.57 Å². The third-order valence-corrected chi connectivity index (χ3v) is 5.35. The minimum Gasteiger partial charge on any atom is -0.346 e. The minimum atomic E-state index is -0.118. The van der Waals surface area contributed by atoms with Gasteiger partial charge in [-0.3, -0.25) is 4.79 Å². The molecule has 2 aromatic carbocycles. The summed E-state index contributed by atoms with van der Waals surface area (Å²) in [6.45, 7) is 0.646. The van der Waals surface area contributed by atoms with E-state index in [1.54, 1.807) is 6.08 Å². The highest BCUT2D eigenvalue weighted by atomic mass is 16.1. The third-order valence-electron chi connectivity index (χ3n) is 5.35. The second-order valence-corrected chi connectivity index (χ2v) is 7.18. The van der Waals surface area contributed by atoms with Gasteiger partial charge in [-0.05, 0) is 55.0 Å². The van der Waals surface area contributed by atoms with E-state index in [1.807, 2.05) is 48.7 Å². The average molecular weight is 369 g/mol. The summed E-state index contributed by atoms with van der Waals surface area (Å²) in [5, 5.41) is 13.0. The number of amides is 1. The number of carbonyl (C=O) groups excluding carboxylic acids is 1. The van der Waals surface area contributed by atoms with Gasteiger partial charge in [-0.25, -0.2) is 0 Å². The summed E-state index contributed by atoms with van der Waals surface area (Å²) in [4.78, 5) is 12.5. The van der Waals surface area contributed by atoms with Crippen LogP contribution in [0.3, 0.4) is 0 Å². The maximum absolute atomic E-state index is 12.5. The molecular weight excluding hydrogens is 346 g/mol. The van der Waals surface area contributed by atoms with Crippen molar-refractivity contribution in [2.75, 3.05) is 5.32 Å². The number of nitrogens with one attached hydrogen (secondary N) is 1. The molecule has 0 aliphatic heterocycles. The van der Waals surface area contributed by atoms with Crippen molar-refractivity contribution < 1.29 is 4.79 Å². The van der Waals surface area contributed by atoms with Gasteiger partial charge in [-0.15, -0.1) is 0 Å². The average Bonchev–Trinajstić information content (AvgIpc) is 3.09. The fourth-order valence-electron chi connectivity index (χ4n) is 4.00. The number of anilines is 1. The number of para-hydroxylation sites is 1. The van der Waals surface area contributed by atoms with Gasteiger partial charge in [-0.2, -0.15) is 5.26 Å². The van der Waals surface area contributed by atoms with E-state index in [2.05, 4.69) is 22.0 Å². The van der Waals surface area contributed by atoms with E-state index in [1.165, 1.54) is 24.0 Å². The number of fused-ring (bicyclic) bond motifs is 2. The number of rotatable bonds is 5. The molecule has 4 heteroatoms. The van der Waals surface area contributed by atoms with Crippen LogP contribution >= 0.6 is 0 Å². The highest BCUT2D eigenvalue weighted by Gasteiger charge is 2.13. The van der Waals surface area contributed by atoms with Gasteiger partial charge in [0.25, 0.3) is 0 Å². The molecule has 0 atom stereocenters. The summed E-state index contributed by atoms with van der Waals surface area (Å²) in [7, 11) is 0. The van der Waals surface area contributed by atoms with Crippen molar-refractivity contribution >= 4 is 28.6 Å². The molecule has 1 amide bonds. The first-order valence-electron chi connectivity index (χ1n) is 9.81. The zero-order chi connectivity index (χ0) is 19.3. The number of nitrogens with zero attached hydrogens (tertiary/aromatic N) is 2. The summed E-state index contributed by atoms with van der Waals surface area (Å²) in [5.41, 5.74) is 5.63. The van der Waals surface area contributed by atoms with E-state index >= 15 is 0 Å². The maximum Gasteiger partial charge on any atom is 0.248 e. The van der Waals surface area contributed by atoms with Crippen LogP contribution in [-0.2, 0) is 24.2 Å². The number of nitriles is 1. The minimum absolute atomic E-state index is 0.118. The molecule has 1 N–H and O–H groups in total. The monoisotopic (exact) mass is 369 g/mol. The SMILES string of the molecule is N#CCCn1cc(/C=C/C(=O)Nc2cccc3c2CCCC3)c2ccccc21. The summed E-state index contributed by atoms with van der Waals surface area (Å²) < 4.78 is 2.07. The van der Waals surface area contributed by atoms with Crippen LogP contribution in [0.1, 0.15) is 36.0 Å². The van der Waals surface area contributed by atoms with Gasteiger partial charge in [0.15, 0.2) is 0 Å². The quantitative estimate of drug-likeness (QED) is 0.637. The lowest BCUT2D eigenvalue weighted by Gasteiger charge is -2.19.